The van der Waals surface area contributed by atoms with Crippen LogP contribution >= 0.6 is 27.5 Å². The molecule has 3 aromatic rings. The molecular weight excluding hydrogens is 560 g/mol. The van der Waals surface area contributed by atoms with E-state index in [1.165, 1.54) is 6.08 Å². The molecule has 0 aliphatic carbocycles. The molecule has 190 valence electrons. The lowest BCUT2D eigenvalue weighted by molar-refractivity contribution is -0.122. The molecule has 1 N–H and O–H groups in total. The van der Waals surface area contributed by atoms with Crippen LogP contribution in [0.4, 0.5) is 10.5 Å². The van der Waals surface area contributed by atoms with Crippen LogP contribution in [0.25, 0.3) is 6.08 Å². The second-order valence-corrected chi connectivity index (χ2v) is 9.75. The highest BCUT2D eigenvalue weighted by molar-refractivity contribution is 9.10. The van der Waals surface area contributed by atoms with Crippen LogP contribution in [0.2, 0.25) is 5.02 Å². The largest absolute Gasteiger partial charge is 0.490 e. The summed E-state index contributed by atoms with van der Waals surface area (Å²) in [6.07, 6.45) is 1.38. The number of rotatable bonds is 7. The van der Waals surface area contributed by atoms with Crippen LogP contribution in [-0.4, -0.2) is 24.5 Å². The van der Waals surface area contributed by atoms with E-state index < -0.39 is 17.8 Å². The number of carbonyl (C=O) groups excluding carboxylic acids is 3. The molecular formula is C28H24BrClN2O5. The maximum atomic E-state index is 13.3. The fraction of sp³-hybridized carbons (Fsp3) is 0.179. The zero-order valence-corrected chi connectivity index (χ0v) is 22.8. The summed E-state index contributed by atoms with van der Waals surface area (Å²) < 4.78 is 12.5. The first-order valence-corrected chi connectivity index (χ1v) is 12.7. The van der Waals surface area contributed by atoms with Crippen LogP contribution in [-0.2, 0) is 16.2 Å². The van der Waals surface area contributed by atoms with Crippen LogP contribution in [0.15, 0.2) is 64.6 Å². The van der Waals surface area contributed by atoms with Gasteiger partial charge in [0.25, 0.3) is 11.8 Å². The van der Waals surface area contributed by atoms with Gasteiger partial charge in [-0.25, -0.2) is 9.69 Å². The summed E-state index contributed by atoms with van der Waals surface area (Å²) in [5.41, 5.74) is 3.39. The molecule has 37 heavy (non-hydrogen) atoms. The number of hydrogen-bond donors (Lipinski definition) is 1. The van der Waals surface area contributed by atoms with Gasteiger partial charge in [0, 0.05) is 4.47 Å². The Kier molecular flexibility index (Phi) is 8.00. The summed E-state index contributed by atoms with van der Waals surface area (Å²) in [5, 5.41) is 2.49. The minimum atomic E-state index is -0.814. The molecule has 0 bridgehead atoms. The first kappa shape index (κ1) is 26.4. The fourth-order valence-electron chi connectivity index (χ4n) is 3.83. The van der Waals surface area contributed by atoms with Crippen molar-refractivity contribution in [1.82, 2.24) is 5.32 Å². The Balaban J connectivity index is 1.67. The van der Waals surface area contributed by atoms with Gasteiger partial charge in [-0.3, -0.25) is 14.9 Å². The van der Waals surface area contributed by atoms with Crippen molar-refractivity contribution in [2.24, 2.45) is 0 Å². The molecule has 9 heteroatoms. The van der Waals surface area contributed by atoms with Gasteiger partial charge in [0.05, 0.1) is 17.3 Å². The molecule has 0 saturated carbocycles. The van der Waals surface area contributed by atoms with Gasteiger partial charge in [0.15, 0.2) is 11.5 Å². The molecule has 1 heterocycles. The molecule has 1 aliphatic heterocycles. The van der Waals surface area contributed by atoms with Crippen molar-refractivity contribution in [2.45, 2.75) is 27.4 Å². The van der Waals surface area contributed by atoms with Gasteiger partial charge in [-0.05, 0) is 73.9 Å². The SMILES string of the molecule is CCOc1cc(/C=C2/C(=O)NC(=O)N(c3ccc(Br)cc3C)C2=O)cc(Cl)c1OCc1ccc(C)cc1. The molecule has 1 saturated heterocycles. The van der Waals surface area contributed by atoms with Gasteiger partial charge < -0.3 is 9.47 Å². The molecule has 0 aromatic heterocycles. The van der Waals surface area contributed by atoms with Crippen LogP contribution < -0.4 is 19.7 Å². The Morgan fingerprint density at radius 2 is 1.73 bits per heavy atom. The number of anilines is 1. The van der Waals surface area contributed by atoms with Gasteiger partial charge in [0.1, 0.15) is 12.2 Å². The first-order valence-electron chi connectivity index (χ1n) is 11.5. The number of barbiturate groups is 1. The van der Waals surface area contributed by atoms with Crippen molar-refractivity contribution >= 4 is 57.1 Å². The number of ether oxygens (including phenoxy) is 2. The number of benzene rings is 3. The highest BCUT2D eigenvalue weighted by atomic mass is 79.9. The van der Waals surface area contributed by atoms with Crippen LogP contribution in [0.3, 0.4) is 0 Å². The molecule has 0 unspecified atom stereocenters. The molecule has 0 atom stereocenters. The van der Waals surface area contributed by atoms with E-state index in [0.29, 0.717) is 34.9 Å². The third-order valence-electron chi connectivity index (χ3n) is 5.65. The Morgan fingerprint density at radius 3 is 2.41 bits per heavy atom. The van der Waals surface area contributed by atoms with Gasteiger partial charge >= 0.3 is 6.03 Å². The van der Waals surface area contributed by atoms with E-state index in [-0.39, 0.29) is 17.2 Å². The van der Waals surface area contributed by atoms with E-state index in [1.807, 2.05) is 38.1 Å². The second-order valence-electron chi connectivity index (χ2n) is 8.43. The smallest absolute Gasteiger partial charge is 0.335 e. The summed E-state index contributed by atoms with van der Waals surface area (Å²) in [4.78, 5) is 39.5. The van der Waals surface area contributed by atoms with Gasteiger partial charge in [0.2, 0.25) is 0 Å². The third kappa shape index (κ3) is 5.87. The molecule has 7 nitrogen and oxygen atoms in total. The number of urea groups is 1. The predicted octanol–water partition coefficient (Wildman–Crippen LogP) is 6.36. The van der Waals surface area contributed by atoms with E-state index in [0.717, 1.165) is 20.5 Å². The van der Waals surface area contributed by atoms with Crippen molar-refractivity contribution in [1.29, 1.82) is 0 Å². The van der Waals surface area contributed by atoms with Gasteiger partial charge in [-0.15, -0.1) is 0 Å². The number of nitrogens with zero attached hydrogens (tertiary/aromatic N) is 1. The summed E-state index contributed by atoms with van der Waals surface area (Å²) in [6, 6.07) is 15.5. The van der Waals surface area contributed by atoms with Crippen LogP contribution in [0.1, 0.15) is 29.2 Å². The summed E-state index contributed by atoms with van der Waals surface area (Å²) in [7, 11) is 0. The van der Waals surface area contributed by atoms with E-state index in [2.05, 4.69) is 21.2 Å². The Morgan fingerprint density at radius 1 is 1.00 bits per heavy atom. The monoisotopic (exact) mass is 582 g/mol. The number of hydrogen-bond acceptors (Lipinski definition) is 5. The number of carbonyl (C=O) groups is 3. The number of amides is 4. The summed E-state index contributed by atoms with van der Waals surface area (Å²) in [6.45, 7) is 6.23. The highest BCUT2D eigenvalue weighted by Crippen LogP contribution is 2.38. The molecule has 4 rings (SSSR count). The average Bonchev–Trinajstić information content (AvgIpc) is 2.84. The number of imide groups is 2. The summed E-state index contributed by atoms with van der Waals surface area (Å²) in [5.74, 6) is -0.815. The zero-order chi connectivity index (χ0) is 26.7. The number of aryl methyl sites for hydroxylation is 2. The first-order chi connectivity index (χ1) is 17.7. The van der Waals surface area contributed by atoms with E-state index in [4.69, 9.17) is 21.1 Å². The third-order valence-corrected chi connectivity index (χ3v) is 6.42. The van der Waals surface area contributed by atoms with Crippen molar-refractivity contribution in [2.75, 3.05) is 11.5 Å². The standard InChI is InChI=1S/C28H24BrClN2O5/c1-4-36-24-14-19(13-22(30)25(24)37-15-18-7-5-16(2)6-8-18)12-21-26(33)31-28(35)32(27(21)34)23-10-9-20(29)11-17(23)3/h5-14H,4,15H2,1-3H3,(H,31,33,35)/b21-12-. The fourth-order valence-corrected chi connectivity index (χ4v) is 4.58. The van der Waals surface area contributed by atoms with Crippen LogP contribution in [0.5, 0.6) is 11.5 Å². The highest BCUT2D eigenvalue weighted by Gasteiger charge is 2.37. The van der Waals surface area contributed by atoms with Crippen LogP contribution in [0, 0.1) is 13.8 Å². The quantitative estimate of drug-likeness (QED) is 0.258. The number of halogens is 2. The Bertz CT molecular complexity index is 1420. The van der Waals surface area contributed by atoms with Crippen molar-refractivity contribution < 1.29 is 23.9 Å². The van der Waals surface area contributed by atoms with E-state index >= 15 is 0 Å². The van der Waals surface area contributed by atoms with E-state index in [1.54, 1.807) is 37.3 Å². The van der Waals surface area contributed by atoms with Gasteiger partial charge in [-0.2, -0.15) is 0 Å². The lowest BCUT2D eigenvalue weighted by atomic mass is 10.1. The topological polar surface area (TPSA) is 84.9 Å². The molecule has 4 amide bonds. The molecule has 1 aliphatic rings. The van der Waals surface area contributed by atoms with Gasteiger partial charge in [-0.1, -0.05) is 57.4 Å². The molecule has 0 spiro atoms. The lowest BCUT2D eigenvalue weighted by Gasteiger charge is -2.27. The lowest BCUT2D eigenvalue weighted by Crippen LogP contribution is -2.54. The normalized spacial score (nSPS) is 14.7. The summed E-state index contributed by atoms with van der Waals surface area (Å²) >= 11 is 9.92. The number of nitrogens with one attached hydrogen (secondary N) is 1. The average molecular weight is 584 g/mol. The van der Waals surface area contributed by atoms with Crippen molar-refractivity contribution in [3.05, 3.63) is 91.9 Å². The zero-order valence-electron chi connectivity index (χ0n) is 20.4. The van der Waals surface area contributed by atoms with Crippen molar-refractivity contribution in [3.8, 4) is 11.5 Å². The Hall–Kier alpha value is -3.62. The maximum absolute atomic E-state index is 13.3. The minimum absolute atomic E-state index is 0.214. The van der Waals surface area contributed by atoms with E-state index in [9.17, 15) is 14.4 Å². The predicted molar refractivity (Wildman–Crippen MR) is 146 cm³/mol. The molecule has 1 fully saturated rings. The minimum Gasteiger partial charge on any atom is -0.490 e. The Labute approximate surface area is 228 Å². The molecule has 3 aromatic carbocycles. The maximum Gasteiger partial charge on any atom is 0.335 e. The second kappa shape index (κ2) is 11.2. The van der Waals surface area contributed by atoms with Crippen molar-refractivity contribution in [3.63, 3.8) is 0 Å². The molecule has 0 radical (unpaired) electrons.